The Balaban J connectivity index is 2.11. The summed E-state index contributed by atoms with van der Waals surface area (Å²) in [5.41, 5.74) is 5.45. The summed E-state index contributed by atoms with van der Waals surface area (Å²) in [6.45, 7) is 7.40. The van der Waals surface area contributed by atoms with Crippen LogP contribution in [-0.2, 0) is 13.0 Å². The van der Waals surface area contributed by atoms with Crippen molar-refractivity contribution in [2.24, 2.45) is 5.84 Å². The fourth-order valence-electron chi connectivity index (χ4n) is 2.84. The lowest BCUT2D eigenvalue weighted by molar-refractivity contribution is 0.471. The van der Waals surface area contributed by atoms with Crippen molar-refractivity contribution >= 4 is 23.5 Å². The van der Waals surface area contributed by atoms with Gasteiger partial charge in [0.2, 0.25) is 0 Å². The second-order valence-electron chi connectivity index (χ2n) is 5.22. The Kier molecular flexibility index (Phi) is 6.26. The van der Waals surface area contributed by atoms with E-state index in [0.717, 1.165) is 18.7 Å². The highest BCUT2D eigenvalue weighted by molar-refractivity contribution is 8.07. The maximum Gasteiger partial charge on any atom is 0.0596 e. The number of aryl methyl sites for hydroxylation is 2. The summed E-state index contributed by atoms with van der Waals surface area (Å²) in [5, 5.41) is 5.83. The van der Waals surface area contributed by atoms with Crippen molar-refractivity contribution in [2.75, 3.05) is 11.5 Å². The minimum absolute atomic E-state index is 0.319. The van der Waals surface area contributed by atoms with E-state index in [1.165, 1.54) is 23.6 Å². The van der Waals surface area contributed by atoms with Crippen molar-refractivity contribution in [1.29, 1.82) is 0 Å². The maximum atomic E-state index is 5.86. The zero-order chi connectivity index (χ0) is 14.5. The molecule has 3 atom stereocenters. The molecule has 0 spiro atoms. The molecule has 1 fully saturated rings. The van der Waals surface area contributed by atoms with E-state index in [1.54, 1.807) is 0 Å². The lowest BCUT2D eigenvalue weighted by Crippen LogP contribution is -2.49. The molecule has 1 aromatic heterocycles. The zero-order valence-corrected chi connectivity index (χ0v) is 14.3. The molecule has 20 heavy (non-hydrogen) atoms. The molecule has 2 heterocycles. The summed E-state index contributed by atoms with van der Waals surface area (Å²) in [6.07, 6.45) is 2.17. The number of rotatable bonds is 6. The Bertz CT molecular complexity index is 421. The number of nitrogens with one attached hydrogen (secondary N) is 1. The van der Waals surface area contributed by atoms with Crippen LogP contribution >= 0.6 is 23.5 Å². The molecule has 1 aliphatic rings. The first-order valence-electron chi connectivity index (χ1n) is 7.42. The summed E-state index contributed by atoms with van der Waals surface area (Å²) in [4.78, 5) is 0. The highest BCUT2D eigenvalue weighted by atomic mass is 32.2. The minimum Gasteiger partial charge on any atom is -0.271 e. The summed E-state index contributed by atoms with van der Waals surface area (Å²) in [5.74, 6) is 8.36. The van der Waals surface area contributed by atoms with E-state index in [-0.39, 0.29) is 0 Å². The van der Waals surface area contributed by atoms with Crippen LogP contribution in [0.2, 0.25) is 0 Å². The number of nitrogens with two attached hydrogens (primary N) is 1. The average molecular weight is 315 g/mol. The molecular weight excluding hydrogens is 288 g/mol. The van der Waals surface area contributed by atoms with Gasteiger partial charge in [-0.2, -0.15) is 28.6 Å². The topological polar surface area (TPSA) is 55.9 Å². The maximum absolute atomic E-state index is 5.86. The molecule has 114 valence electrons. The Morgan fingerprint density at radius 2 is 2.20 bits per heavy atom. The van der Waals surface area contributed by atoms with Crippen LogP contribution in [0.5, 0.6) is 0 Å². The molecule has 2 rings (SSSR count). The number of thioether (sulfide) groups is 2. The molecule has 1 saturated heterocycles. The summed E-state index contributed by atoms with van der Waals surface area (Å²) in [7, 11) is 0. The van der Waals surface area contributed by atoms with Gasteiger partial charge in [0.05, 0.1) is 5.69 Å². The third kappa shape index (κ3) is 3.72. The van der Waals surface area contributed by atoms with Crippen LogP contribution in [0.4, 0.5) is 0 Å². The Hall–Kier alpha value is -0.170. The number of nitrogens with zero attached hydrogens (tertiary/aromatic N) is 2. The van der Waals surface area contributed by atoms with Gasteiger partial charge in [-0.3, -0.25) is 16.0 Å². The lowest BCUT2D eigenvalue weighted by Gasteiger charge is -2.35. The summed E-state index contributed by atoms with van der Waals surface area (Å²) >= 11 is 4.18. The molecular formula is C14H26N4S2. The van der Waals surface area contributed by atoms with Crippen LogP contribution in [0, 0.1) is 6.92 Å². The van der Waals surface area contributed by atoms with Gasteiger partial charge in [-0.25, -0.2) is 0 Å². The van der Waals surface area contributed by atoms with Gasteiger partial charge in [0, 0.05) is 46.7 Å². The molecule has 0 aromatic carbocycles. The second kappa shape index (κ2) is 7.73. The third-order valence-electron chi connectivity index (χ3n) is 3.82. The number of aromatic nitrogens is 2. The van der Waals surface area contributed by atoms with Gasteiger partial charge >= 0.3 is 0 Å². The fourth-order valence-corrected chi connectivity index (χ4v) is 6.09. The van der Waals surface area contributed by atoms with Gasteiger partial charge in [0.15, 0.2) is 0 Å². The average Bonchev–Trinajstić information content (AvgIpc) is 2.84. The van der Waals surface area contributed by atoms with E-state index in [4.69, 9.17) is 5.84 Å². The second-order valence-corrected chi connectivity index (χ2v) is 7.86. The fraction of sp³-hybridized carbons (Fsp3) is 0.786. The Morgan fingerprint density at radius 1 is 1.45 bits per heavy atom. The van der Waals surface area contributed by atoms with Crippen LogP contribution in [0.25, 0.3) is 0 Å². The molecule has 1 aliphatic heterocycles. The van der Waals surface area contributed by atoms with Gasteiger partial charge < -0.3 is 0 Å². The van der Waals surface area contributed by atoms with Crippen molar-refractivity contribution < 1.29 is 0 Å². The van der Waals surface area contributed by atoms with E-state index in [1.807, 2.05) is 0 Å². The molecule has 0 bridgehead atoms. The van der Waals surface area contributed by atoms with Gasteiger partial charge in [-0.05, 0) is 26.3 Å². The van der Waals surface area contributed by atoms with Crippen molar-refractivity contribution in [1.82, 2.24) is 15.2 Å². The molecule has 0 saturated carbocycles. The van der Waals surface area contributed by atoms with Crippen LogP contribution in [-0.4, -0.2) is 37.8 Å². The molecule has 0 radical (unpaired) electrons. The highest BCUT2D eigenvalue weighted by Gasteiger charge is 2.32. The highest BCUT2D eigenvalue weighted by Crippen LogP contribution is 2.35. The van der Waals surface area contributed by atoms with Crippen LogP contribution < -0.4 is 11.3 Å². The van der Waals surface area contributed by atoms with Crippen molar-refractivity contribution in [3.8, 4) is 0 Å². The molecule has 0 aliphatic carbocycles. The molecule has 3 N–H and O–H groups in total. The predicted molar refractivity (Wildman–Crippen MR) is 90.2 cm³/mol. The molecule has 3 unspecified atom stereocenters. The molecule has 4 nitrogen and oxygen atoms in total. The quantitative estimate of drug-likeness (QED) is 0.623. The Labute approximate surface area is 130 Å². The van der Waals surface area contributed by atoms with Gasteiger partial charge in [0.25, 0.3) is 0 Å². The minimum atomic E-state index is 0.319. The molecule has 0 amide bonds. The van der Waals surface area contributed by atoms with E-state index in [2.05, 4.69) is 65.6 Å². The van der Waals surface area contributed by atoms with Gasteiger partial charge in [-0.1, -0.05) is 6.92 Å². The first-order valence-corrected chi connectivity index (χ1v) is 9.52. The Morgan fingerprint density at radius 3 is 2.85 bits per heavy atom. The van der Waals surface area contributed by atoms with E-state index in [0.29, 0.717) is 16.5 Å². The predicted octanol–water partition coefficient (Wildman–Crippen LogP) is 2.21. The van der Waals surface area contributed by atoms with Crippen LogP contribution in [0.1, 0.15) is 31.7 Å². The number of hydrogen-bond donors (Lipinski definition) is 2. The summed E-state index contributed by atoms with van der Waals surface area (Å²) < 4.78 is 2.10. The SMILES string of the molecule is CCC1SCCSC1C(Cc1cc(C)nn1CC)NN. The van der Waals surface area contributed by atoms with Gasteiger partial charge in [0.1, 0.15) is 0 Å². The monoisotopic (exact) mass is 314 g/mol. The van der Waals surface area contributed by atoms with Crippen LogP contribution in [0.3, 0.4) is 0 Å². The summed E-state index contributed by atoms with van der Waals surface area (Å²) in [6, 6.07) is 2.51. The van der Waals surface area contributed by atoms with E-state index in [9.17, 15) is 0 Å². The largest absolute Gasteiger partial charge is 0.271 e. The molecule has 1 aromatic rings. The molecule has 6 heteroatoms. The smallest absolute Gasteiger partial charge is 0.0596 e. The van der Waals surface area contributed by atoms with Crippen molar-refractivity contribution in [3.05, 3.63) is 17.5 Å². The van der Waals surface area contributed by atoms with Crippen LogP contribution in [0.15, 0.2) is 6.07 Å². The van der Waals surface area contributed by atoms with Gasteiger partial charge in [-0.15, -0.1) is 0 Å². The van der Waals surface area contributed by atoms with E-state index < -0.39 is 0 Å². The number of hydrogen-bond acceptors (Lipinski definition) is 5. The number of hydrazine groups is 1. The third-order valence-corrected chi connectivity index (χ3v) is 7.23. The zero-order valence-electron chi connectivity index (χ0n) is 12.6. The lowest BCUT2D eigenvalue weighted by atomic mass is 10.0. The van der Waals surface area contributed by atoms with E-state index >= 15 is 0 Å². The van der Waals surface area contributed by atoms with Crippen molar-refractivity contribution in [3.63, 3.8) is 0 Å². The first kappa shape index (κ1) is 16.2. The first-order chi connectivity index (χ1) is 9.69. The van der Waals surface area contributed by atoms with Crippen molar-refractivity contribution in [2.45, 2.75) is 56.7 Å². The normalized spacial score (nSPS) is 24.8. The standard InChI is InChI=1S/C14H26N4S2/c1-4-13-14(20-7-6-19-13)12(16-15)9-11-8-10(3)17-18(11)5-2/h8,12-14,16H,4-7,9,15H2,1-3H3.